The number of anilines is 2. The molecular weight excluding hydrogens is 372 g/mol. The van der Waals surface area contributed by atoms with Crippen LogP contribution in [-0.4, -0.2) is 34.4 Å². The topological polar surface area (TPSA) is 123 Å². The molecule has 2 heterocycles. The molecule has 2 N–H and O–H groups in total. The van der Waals surface area contributed by atoms with Crippen molar-refractivity contribution < 1.29 is 23.5 Å². The molecule has 142 valence electrons. The Morgan fingerprint density at radius 1 is 1.26 bits per heavy atom. The Bertz CT molecular complexity index is 901. The third kappa shape index (κ3) is 3.70. The normalized spacial score (nSPS) is 18.0. The van der Waals surface area contributed by atoms with Gasteiger partial charge in [0, 0.05) is 10.8 Å². The lowest BCUT2D eigenvalue weighted by molar-refractivity contribution is -0.145. The Morgan fingerprint density at radius 3 is 2.81 bits per heavy atom. The molecule has 0 radical (unpaired) electrons. The van der Waals surface area contributed by atoms with Crippen LogP contribution >= 0.6 is 11.3 Å². The second-order valence-electron chi connectivity index (χ2n) is 6.43. The van der Waals surface area contributed by atoms with E-state index in [0.717, 1.165) is 24.1 Å². The fourth-order valence-electron chi connectivity index (χ4n) is 2.90. The van der Waals surface area contributed by atoms with E-state index in [2.05, 4.69) is 20.6 Å². The van der Waals surface area contributed by atoms with Crippen molar-refractivity contribution in [3.05, 3.63) is 22.5 Å². The zero-order valence-electron chi connectivity index (χ0n) is 14.6. The van der Waals surface area contributed by atoms with Gasteiger partial charge in [-0.3, -0.25) is 25.0 Å². The smallest absolute Gasteiger partial charge is 0.315 e. The van der Waals surface area contributed by atoms with Gasteiger partial charge in [0.25, 0.3) is 5.91 Å². The van der Waals surface area contributed by atoms with Crippen LogP contribution in [0.25, 0.3) is 0 Å². The zero-order valence-corrected chi connectivity index (χ0v) is 15.4. The van der Waals surface area contributed by atoms with E-state index in [4.69, 9.17) is 9.15 Å². The van der Waals surface area contributed by atoms with Gasteiger partial charge in [-0.1, -0.05) is 0 Å². The minimum absolute atomic E-state index is 0.000980. The van der Waals surface area contributed by atoms with Crippen LogP contribution in [0.5, 0.6) is 0 Å². The fourth-order valence-corrected chi connectivity index (χ4v) is 3.94. The number of thiazole rings is 1. The van der Waals surface area contributed by atoms with Gasteiger partial charge in [-0.25, -0.2) is 4.98 Å². The molecule has 1 fully saturated rings. The number of amides is 2. The molecule has 9 nitrogen and oxygen atoms in total. The van der Waals surface area contributed by atoms with Crippen molar-refractivity contribution in [1.29, 1.82) is 0 Å². The van der Waals surface area contributed by atoms with Crippen LogP contribution in [-0.2, 0) is 20.7 Å². The Morgan fingerprint density at radius 2 is 2.07 bits per heavy atom. The van der Waals surface area contributed by atoms with Gasteiger partial charge in [-0.2, -0.15) is 4.98 Å². The fraction of sp³-hybridized carbons (Fsp3) is 0.471. The predicted molar refractivity (Wildman–Crippen MR) is 95.6 cm³/mol. The molecule has 1 atom stereocenters. The zero-order chi connectivity index (χ0) is 19.0. The summed E-state index contributed by atoms with van der Waals surface area (Å²) in [6.07, 6.45) is 4.31. The summed E-state index contributed by atoms with van der Waals surface area (Å²) in [5.41, 5.74) is 0.713. The van der Waals surface area contributed by atoms with Crippen LogP contribution in [0.4, 0.5) is 11.1 Å². The first kappa shape index (κ1) is 17.7. The number of fused-ring (bicyclic) bond motifs is 1. The second-order valence-corrected chi connectivity index (χ2v) is 7.51. The first-order chi connectivity index (χ1) is 13.0. The summed E-state index contributed by atoms with van der Waals surface area (Å²) in [7, 11) is 0. The summed E-state index contributed by atoms with van der Waals surface area (Å²) in [5.74, 6) is -1.29. The largest absolute Gasteiger partial charge is 0.465 e. The van der Waals surface area contributed by atoms with E-state index in [1.54, 1.807) is 6.92 Å². The molecule has 2 aliphatic rings. The number of carbonyl (C=O) groups excluding carboxylic acids is 3. The van der Waals surface area contributed by atoms with Gasteiger partial charge < -0.3 is 9.15 Å². The molecular formula is C17H18N4O5S. The Labute approximate surface area is 158 Å². The number of ether oxygens (including phenoxy) is 1. The van der Waals surface area contributed by atoms with Gasteiger partial charge in [0.05, 0.1) is 12.3 Å². The summed E-state index contributed by atoms with van der Waals surface area (Å²) in [6, 6.07) is 0.000980. The quantitative estimate of drug-likeness (QED) is 0.726. The number of esters is 1. The number of carbonyl (C=O) groups is 3. The van der Waals surface area contributed by atoms with Crippen molar-refractivity contribution in [2.75, 3.05) is 17.2 Å². The van der Waals surface area contributed by atoms with Crippen LogP contribution in [0.15, 0.2) is 10.7 Å². The third-order valence-corrected chi connectivity index (χ3v) is 5.47. The van der Waals surface area contributed by atoms with Crippen LogP contribution in [0.3, 0.4) is 0 Å². The summed E-state index contributed by atoms with van der Waals surface area (Å²) in [6.45, 7) is 2.09. The molecule has 1 saturated carbocycles. The van der Waals surface area contributed by atoms with Crippen molar-refractivity contribution in [1.82, 2.24) is 9.97 Å². The number of aryl methyl sites for hydroxylation is 1. The molecule has 2 aromatic heterocycles. The molecule has 2 amide bonds. The average molecular weight is 390 g/mol. The van der Waals surface area contributed by atoms with E-state index in [-0.39, 0.29) is 35.4 Å². The molecule has 2 aliphatic carbocycles. The van der Waals surface area contributed by atoms with Gasteiger partial charge >= 0.3 is 12.0 Å². The number of nitrogens with zero attached hydrogens (tertiary/aromatic N) is 2. The molecule has 0 spiro atoms. The lowest BCUT2D eigenvalue weighted by Crippen LogP contribution is -2.16. The molecule has 27 heavy (non-hydrogen) atoms. The van der Waals surface area contributed by atoms with E-state index in [9.17, 15) is 14.4 Å². The molecule has 0 bridgehead atoms. The van der Waals surface area contributed by atoms with Gasteiger partial charge in [0.15, 0.2) is 10.8 Å². The first-order valence-corrected chi connectivity index (χ1v) is 9.60. The molecule has 2 aromatic rings. The van der Waals surface area contributed by atoms with E-state index in [1.165, 1.54) is 17.6 Å². The lowest BCUT2D eigenvalue weighted by Gasteiger charge is -2.07. The Hall–Kier alpha value is -2.75. The van der Waals surface area contributed by atoms with Crippen LogP contribution in [0, 0.1) is 5.92 Å². The minimum atomic E-state index is -0.495. The van der Waals surface area contributed by atoms with Crippen LogP contribution in [0.1, 0.15) is 53.2 Å². The van der Waals surface area contributed by atoms with E-state index in [0.29, 0.717) is 23.9 Å². The lowest BCUT2D eigenvalue weighted by atomic mass is 10.1. The highest BCUT2D eigenvalue weighted by atomic mass is 32.1. The minimum Gasteiger partial charge on any atom is -0.465 e. The molecule has 0 saturated heterocycles. The van der Waals surface area contributed by atoms with Gasteiger partial charge in [-0.05, 0) is 32.6 Å². The van der Waals surface area contributed by atoms with Crippen LogP contribution < -0.4 is 10.6 Å². The molecule has 0 aliphatic heterocycles. The average Bonchev–Trinajstić information content (AvgIpc) is 3.06. The number of oxazole rings is 1. The maximum atomic E-state index is 12.3. The van der Waals surface area contributed by atoms with E-state index >= 15 is 0 Å². The predicted octanol–water partition coefficient (Wildman–Crippen LogP) is 2.32. The summed E-state index contributed by atoms with van der Waals surface area (Å²) in [4.78, 5) is 45.4. The monoisotopic (exact) mass is 390 g/mol. The highest BCUT2D eigenvalue weighted by molar-refractivity contribution is 7.16. The summed E-state index contributed by atoms with van der Waals surface area (Å²) in [5, 5.41) is 5.60. The van der Waals surface area contributed by atoms with Crippen molar-refractivity contribution in [2.45, 2.75) is 38.5 Å². The number of hydrogen-bond acceptors (Lipinski definition) is 8. The SMILES string of the molecule is CCOC(=O)C1CCc2sc(NC(=O)c3coc(NC(=O)C4CC4)n3)nc21. The maximum Gasteiger partial charge on any atom is 0.315 e. The highest BCUT2D eigenvalue weighted by Crippen LogP contribution is 2.39. The Balaban J connectivity index is 1.40. The van der Waals surface area contributed by atoms with E-state index < -0.39 is 5.91 Å². The number of hydrogen-bond donors (Lipinski definition) is 2. The number of aromatic nitrogens is 2. The van der Waals surface area contributed by atoms with Crippen molar-refractivity contribution >= 4 is 40.3 Å². The summed E-state index contributed by atoms with van der Waals surface area (Å²) < 4.78 is 10.2. The van der Waals surface area contributed by atoms with Crippen molar-refractivity contribution in [3.8, 4) is 0 Å². The van der Waals surface area contributed by atoms with Crippen molar-refractivity contribution in [2.24, 2.45) is 5.92 Å². The van der Waals surface area contributed by atoms with Gasteiger partial charge in [-0.15, -0.1) is 11.3 Å². The maximum absolute atomic E-state index is 12.3. The van der Waals surface area contributed by atoms with Crippen LogP contribution in [0.2, 0.25) is 0 Å². The second kappa shape index (κ2) is 7.10. The molecule has 0 aromatic carbocycles. The Kier molecular flexibility index (Phi) is 4.65. The number of nitrogens with one attached hydrogen (secondary N) is 2. The number of rotatable bonds is 6. The highest BCUT2D eigenvalue weighted by Gasteiger charge is 2.34. The van der Waals surface area contributed by atoms with E-state index in [1.807, 2.05) is 0 Å². The summed E-state index contributed by atoms with van der Waals surface area (Å²) >= 11 is 1.33. The third-order valence-electron chi connectivity index (χ3n) is 4.42. The molecule has 10 heteroatoms. The standard InChI is InChI=1S/C17H18N4O5S/c1-2-25-15(24)9-5-6-11-12(9)19-17(27-11)21-14(23)10-7-26-16(18-10)20-13(22)8-3-4-8/h7-9H,2-6H2,1H3,(H,18,20,22)(H,19,21,23). The van der Waals surface area contributed by atoms with Gasteiger partial charge in [0.2, 0.25) is 5.91 Å². The van der Waals surface area contributed by atoms with Gasteiger partial charge in [0.1, 0.15) is 12.2 Å². The first-order valence-electron chi connectivity index (χ1n) is 8.79. The molecule has 4 rings (SSSR count). The molecule has 1 unspecified atom stereocenters. The van der Waals surface area contributed by atoms with Crippen molar-refractivity contribution in [3.63, 3.8) is 0 Å².